The average Bonchev–Trinajstić information content (AvgIpc) is 2.59. The molecule has 0 aliphatic rings. The first kappa shape index (κ1) is 22.6. The number of benzene rings is 1. The number of methoxy groups -OCH3 is 3. The van der Waals surface area contributed by atoms with E-state index in [1.54, 1.807) is 28.4 Å². The first-order valence-electron chi connectivity index (χ1n) is 7.85. The second-order valence-corrected chi connectivity index (χ2v) is 5.21. The van der Waals surface area contributed by atoms with Gasteiger partial charge < -0.3 is 24.8 Å². The highest BCUT2D eigenvalue weighted by Gasteiger charge is 2.13. The van der Waals surface area contributed by atoms with Crippen LogP contribution in [0.3, 0.4) is 0 Å². The lowest BCUT2D eigenvalue weighted by atomic mass is 10.1. The fourth-order valence-corrected chi connectivity index (χ4v) is 2.16. The normalized spacial score (nSPS) is 12.0. The zero-order chi connectivity index (χ0) is 17.2. The van der Waals surface area contributed by atoms with Crippen LogP contribution in [0.25, 0.3) is 0 Å². The van der Waals surface area contributed by atoms with Gasteiger partial charge in [-0.2, -0.15) is 0 Å². The molecule has 0 bridgehead atoms. The van der Waals surface area contributed by atoms with Gasteiger partial charge in [0.1, 0.15) is 17.2 Å². The molecule has 138 valence electrons. The third kappa shape index (κ3) is 6.62. The van der Waals surface area contributed by atoms with Crippen molar-refractivity contribution in [3.05, 3.63) is 17.7 Å². The van der Waals surface area contributed by atoms with Crippen molar-refractivity contribution in [2.24, 2.45) is 4.99 Å². The van der Waals surface area contributed by atoms with Gasteiger partial charge in [-0.05, 0) is 19.8 Å². The van der Waals surface area contributed by atoms with E-state index in [4.69, 9.17) is 14.2 Å². The predicted octanol–water partition coefficient (Wildman–Crippen LogP) is 2.84. The fourth-order valence-electron chi connectivity index (χ4n) is 2.16. The summed E-state index contributed by atoms with van der Waals surface area (Å²) in [6, 6.07) is 4.11. The maximum Gasteiger partial charge on any atom is 0.191 e. The van der Waals surface area contributed by atoms with Crippen molar-refractivity contribution in [1.82, 2.24) is 10.6 Å². The van der Waals surface area contributed by atoms with Crippen molar-refractivity contribution in [2.45, 2.75) is 32.7 Å². The smallest absolute Gasteiger partial charge is 0.191 e. The summed E-state index contributed by atoms with van der Waals surface area (Å²) in [7, 11) is 6.69. The Hall–Kier alpha value is -1.38. The van der Waals surface area contributed by atoms with E-state index in [0.29, 0.717) is 11.8 Å². The van der Waals surface area contributed by atoms with Crippen LogP contribution in [-0.4, -0.2) is 46.9 Å². The summed E-state index contributed by atoms with van der Waals surface area (Å²) in [6.45, 7) is 4.98. The quantitative estimate of drug-likeness (QED) is 0.362. The topological polar surface area (TPSA) is 64.1 Å². The minimum Gasteiger partial charge on any atom is -0.496 e. The second kappa shape index (κ2) is 12.0. The summed E-state index contributed by atoms with van der Waals surface area (Å²) in [4.78, 5) is 4.23. The van der Waals surface area contributed by atoms with Crippen LogP contribution in [0.15, 0.2) is 17.1 Å². The third-order valence-electron chi connectivity index (χ3n) is 3.70. The molecule has 0 fully saturated rings. The van der Waals surface area contributed by atoms with E-state index < -0.39 is 0 Å². The summed E-state index contributed by atoms with van der Waals surface area (Å²) < 4.78 is 16.2. The molecule has 0 amide bonds. The Morgan fingerprint density at radius 2 is 1.71 bits per heavy atom. The Morgan fingerprint density at radius 1 is 1.12 bits per heavy atom. The van der Waals surface area contributed by atoms with E-state index in [2.05, 4.69) is 29.5 Å². The van der Waals surface area contributed by atoms with Crippen LogP contribution in [0.5, 0.6) is 17.2 Å². The average molecular weight is 451 g/mol. The number of ether oxygens (including phenoxy) is 3. The van der Waals surface area contributed by atoms with E-state index in [1.165, 1.54) is 0 Å². The number of nitrogens with one attached hydrogen (secondary N) is 2. The fraction of sp³-hybridized carbons (Fsp3) is 0.588. The molecule has 1 atom stereocenters. The monoisotopic (exact) mass is 451 g/mol. The van der Waals surface area contributed by atoms with Crippen LogP contribution in [0.1, 0.15) is 25.8 Å². The summed E-state index contributed by atoms with van der Waals surface area (Å²) in [5.74, 6) is 3.02. The Balaban J connectivity index is 0.00000529. The highest BCUT2D eigenvalue weighted by molar-refractivity contribution is 14.0. The van der Waals surface area contributed by atoms with E-state index in [0.717, 1.165) is 42.4 Å². The van der Waals surface area contributed by atoms with Gasteiger partial charge in [0.2, 0.25) is 0 Å². The van der Waals surface area contributed by atoms with Gasteiger partial charge in [0.25, 0.3) is 0 Å². The van der Waals surface area contributed by atoms with Gasteiger partial charge >= 0.3 is 0 Å². The number of rotatable bonds is 8. The summed E-state index contributed by atoms with van der Waals surface area (Å²) in [5.41, 5.74) is 1.00. The SMILES string of the molecule is CCC(C)NC(=NC)NCCc1c(OC)cc(OC)cc1OC.I. The molecule has 0 aromatic heterocycles. The largest absolute Gasteiger partial charge is 0.496 e. The van der Waals surface area contributed by atoms with E-state index in [9.17, 15) is 0 Å². The lowest BCUT2D eigenvalue weighted by Gasteiger charge is -2.18. The van der Waals surface area contributed by atoms with Crippen LogP contribution >= 0.6 is 24.0 Å². The van der Waals surface area contributed by atoms with Gasteiger partial charge in [-0.1, -0.05) is 6.92 Å². The van der Waals surface area contributed by atoms with E-state index >= 15 is 0 Å². The molecule has 0 heterocycles. The van der Waals surface area contributed by atoms with Crippen LogP contribution in [0, 0.1) is 0 Å². The van der Waals surface area contributed by atoms with Gasteiger partial charge in [-0.15, -0.1) is 24.0 Å². The maximum absolute atomic E-state index is 5.46. The summed E-state index contributed by atoms with van der Waals surface area (Å²) >= 11 is 0. The van der Waals surface area contributed by atoms with Crippen molar-refractivity contribution < 1.29 is 14.2 Å². The van der Waals surface area contributed by atoms with Gasteiger partial charge in [-0.3, -0.25) is 4.99 Å². The van der Waals surface area contributed by atoms with Gasteiger partial charge in [0.05, 0.1) is 21.3 Å². The van der Waals surface area contributed by atoms with E-state index in [-0.39, 0.29) is 24.0 Å². The van der Waals surface area contributed by atoms with Crippen molar-refractivity contribution in [2.75, 3.05) is 34.9 Å². The van der Waals surface area contributed by atoms with Crippen molar-refractivity contribution >= 4 is 29.9 Å². The molecule has 1 rings (SSSR count). The lowest BCUT2D eigenvalue weighted by molar-refractivity contribution is 0.368. The minimum absolute atomic E-state index is 0. The second-order valence-electron chi connectivity index (χ2n) is 5.21. The van der Waals surface area contributed by atoms with Crippen molar-refractivity contribution in [3.8, 4) is 17.2 Å². The Bertz CT molecular complexity index is 499. The molecule has 0 aliphatic heterocycles. The summed E-state index contributed by atoms with van der Waals surface area (Å²) in [6.07, 6.45) is 1.79. The molecule has 1 unspecified atom stereocenters. The molecule has 0 aliphatic carbocycles. The molecule has 0 spiro atoms. The molecule has 6 nitrogen and oxygen atoms in total. The maximum atomic E-state index is 5.46. The Labute approximate surface area is 162 Å². The van der Waals surface area contributed by atoms with Crippen LogP contribution in [0.2, 0.25) is 0 Å². The lowest BCUT2D eigenvalue weighted by Crippen LogP contribution is -2.42. The molecule has 1 aromatic rings. The first-order chi connectivity index (χ1) is 11.1. The van der Waals surface area contributed by atoms with Crippen LogP contribution in [0.4, 0.5) is 0 Å². The number of nitrogens with zero attached hydrogens (tertiary/aromatic N) is 1. The van der Waals surface area contributed by atoms with Crippen LogP contribution in [-0.2, 0) is 6.42 Å². The third-order valence-corrected chi connectivity index (χ3v) is 3.70. The zero-order valence-corrected chi connectivity index (χ0v) is 17.8. The molecule has 1 aromatic carbocycles. The van der Waals surface area contributed by atoms with Gasteiger partial charge in [0.15, 0.2) is 5.96 Å². The summed E-state index contributed by atoms with van der Waals surface area (Å²) in [5, 5.41) is 6.65. The highest BCUT2D eigenvalue weighted by atomic mass is 127. The minimum atomic E-state index is 0. The zero-order valence-electron chi connectivity index (χ0n) is 15.4. The number of aliphatic imine (C=N–C) groups is 1. The molecular formula is C17H30IN3O3. The number of hydrogen-bond donors (Lipinski definition) is 2. The number of guanidine groups is 1. The standard InChI is InChI=1S/C17H29N3O3.HI/c1-7-12(2)20-17(18-3)19-9-8-14-15(22-5)10-13(21-4)11-16(14)23-6;/h10-12H,7-9H2,1-6H3,(H2,18,19,20);1H. The van der Waals surface area contributed by atoms with Crippen molar-refractivity contribution in [3.63, 3.8) is 0 Å². The molecular weight excluding hydrogens is 421 g/mol. The first-order valence-corrected chi connectivity index (χ1v) is 7.85. The Kier molecular flexibility index (Phi) is 11.4. The molecule has 2 N–H and O–H groups in total. The van der Waals surface area contributed by atoms with Crippen molar-refractivity contribution in [1.29, 1.82) is 0 Å². The molecule has 0 saturated heterocycles. The van der Waals surface area contributed by atoms with Gasteiger partial charge in [0, 0.05) is 37.3 Å². The number of halogens is 1. The van der Waals surface area contributed by atoms with E-state index in [1.807, 2.05) is 12.1 Å². The number of hydrogen-bond acceptors (Lipinski definition) is 4. The van der Waals surface area contributed by atoms with Gasteiger partial charge in [-0.25, -0.2) is 0 Å². The molecule has 0 saturated carbocycles. The predicted molar refractivity (Wildman–Crippen MR) is 109 cm³/mol. The molecule has 24 heavy (non-hydrogen) atoms. The molecule has 7 heteroatoms. The molecule has 0 radical (unpaired) electrons. The van der Waals surface area contributed by atoms with Crippen LogP contribution < -0.4 is 24.8 Å². The highest BCUT2D eigenvalue weighted by Crippen LogP contribution is 2.34. The Morgan fingerprint density at radius 3 is 2.12 bits per heavy atom.